The Bertz CT molecular complexity index is 1290. The SMILES string of the molecule is COc1ccc(S(=O)(=O)N(CC(=O)NCc2ccc(OC)c(OC)c2OC)c2ccc(C)cc2)cc1. The number of nitrogens with one attached hydrogen (secondary N) is 1. The summed E-state index contributed by atoms with van der Waals surface area (Å²) >= 11 is 0. The first-order valence-corrected chi connectivity index (χ1v) is 12.5. The molecule has 0 atom stereocenters. The zero-order valence-electron chi connectivity index (χ0n) is 20.9. The van der Waals surface area contributed by atoms with E-state index in [9.17, 15) is 13.2 Å². The fourth-order valence-corrected chi connectivity index (χ4v) is 5.00. The fraction of sp³-hybridized carbons (Fsp3) is 0.269. The molecule has 0 aromatic heterocycles. The Balaban J connectivity index is 1.87. The van der Waals surface area contributed by atoms with Gasteiger partial charge in [-0.15, -0.1) is 0 Å². The van der Waals surface area contributed by atoms with Gasteiger partial charge in [0.05, 0.1) is 39.0 Å². The normalized spacial score (nSPS) is 10.9. The van der Waals surface area contributed by atoms with Crippen molar-refractivity contribution >= 4 is 21.6 Å². The maximum atomic E-state index is 13.5. The van der Waals surface area contributed by atoms with Crippen LogP contribution < -0.4 is 28.6 Å². The molecule has 9 nitrogen and oxygen atoms in total. The van der Waals surface area contributed by atoms with Crippen molar-refractivity contribution in [2.45, 2.75) is 18.4 Å². The van der Waals surface area contributed by atoms with Crippen LogP contribution in [0.5, 0.6) is 23.0 Å². The highest BCUT2D eigenvalue weighted by Crippen LogP contribution is 2.39. The Kier molecular flexibility index (Phi) is 8.65. The largest absolute Gasteiger partial charge is 0.497 e. The monoisotopic (exact) mass is 514 g/mol. The van der Waals surface area contributed by atoms with Crippen molar-refractivity contribution in [1.29, 1.82) is 0 Å². The number of methoxy groups -OCH3 is 4. The van der Waals surface area contributed by atoms with Crippen LogP contribution in [0.3, 0.4) is 0 Å². The van der Waals surface area contributed by atoms with Crippen LogP contribution in [0.2, 0.25) is 0 Å². The van der Waals surface area contributed by atoms with Crippen molar-refractivity contribution in [2.24, 2.45) is 0 Å². The lowest BCUT2D eigenvalue weighted by Gasteiger charge is -2.24. The number of carbonyl (C=O) groups is 1. The molecule has 0 saturated carbocycles. The van der Waals surface area contributed by atoms with Crippen LogP contribution in [-0.2, 0) is 21.4 Å². The summed E-state index contributed by atoms with van der Waals surface area (Å²) in [7, 11) is 1.95. The standard InChI is InChI=1S/C26H30N2O7S/c1-18-6-9-20(10-7-18)28(36(30,31)22-13-11-21(32-2)12-14-22)17-24(29)27-16-19-8-15-23(33-3)26(35-5)25(19)34-4/h6-15H,16-17H2,1-5H3,(H,27,29). The smallest absolute Gasteiger partial charge is 0.264 e. The molecule has 0 unspecified atom stereocenters. The van der Waals surface area contributed by atoms with Crippen LogP contribution in [0, 0.1) is 6.92 Å². The molecule has 0 aliphatic carbocycles. The molecule has 0 radical (unpaired) electrons. The molecule has 3 rings (SSSR count). The minimum atomic E-state index is -4.05. The van der Waals surface area contributed by atoms with Crippen molar-refractivity contribution in [3.63, 3.8) is 0 Å². The van der Waals surface area contributed by atoms with Crippen LogP contribution >= 0.6 is 0 Å². The minimum Gasteiger partial charge on any atom is -0.497 e. The third-order valence-electron chi connectivity index (χ3n) is 5.52. The van der Waals surface area contributed by atoms with Gasteiger partial charge in [-0.1, -0.05) is 17.7 Å². The fourth-order valence-electron chi connectivity index (χ4n) is 3.58. The molecular weight excluding hydrogens is 484 g/mol. The van der Waals surface area contributed by atoms with Crippen LogP contribution in [0.25, 0.3) is 0 Å². The molecule has 10 heteroatoms. The Hall–Kier alpha value is -3.92. The molecule has 0 aliphatic rings. The van der Waals surface area contributed by atoms with Crippen molar-refractivity contribution < 1.29 is 32.2 Å². The topological polar surface area (TPSA) is 103 Å². The highest BCUT2D eigenvalue weighted by Gasteiger charge is 2.27. The lowest BCUT2D eigenvalue weighted by atomic mass is 10.1. The Morgan fingerprint density at radius 3 is 2.00 bits per heavy atom. The molecule has 3 aromatic carbocycles. The number of nitrogens with zero attached hydrogens (tertiary/aromatic N) is 1. The third-order valence-corrected chi connectivity index (χ3v) is 7.31. The number of ether oxygens (including phenoxy) is 4. The lowest BCUT2D eigenvalue weighted by molar-refractivity contribution is -0.119. The second-order valence-corrected chi connectivity index (χ2v) is 9.66. The zero-order chi connectivity index (χ0) is 26.3. The van der Waals surface area contributed by atoms with Gasteiger partial charge in [-0.3, -0.25) is 9.10 Å². The van der Waals surface area contributed by atoms with Gasteiger partial charge in [0.1, 0.15) is 12.3 Å². The summed E-state index contributed by atoms with van der Waals surface area (Å²) in [6.07, 6.45) is 0. The van der Waals surface area contributed by atoms with E-state index in [0.717, 1.165) is 9.87 Å². The van der Waals surface area contributed by atoms with E-state index < -0.39 is 22.5 Å². The van der Waals surface area contributed by atoms with Crippen LogP contribution in [0.4, 0.5) is 5.69 Å². The molecule has 0 bridgehead atoms. The first-order chi connectivity index (χ1) is 17.2. The number of hydrogen-bond acceptors (Lipinski definition) is 7. The van der Waals surface area contributed by atoms with Crippen molar-refractivity contribution in [2.75, 3.05) is 39.3 Å². The van der Waals surface area contributed by atoms with Gasteiger partial charge in [-0.2, -0.15) is 0 Å². The summed E-state index contributed by atoms with van der Waals surface area (Å²) in [6.45, 7) is 1.56. The summed E-state index contributed by atoms with van der Waals surface area (Å²) < 4.78 is 49.4. The predicted molar refractivity (Wildman–Crippen MR) is 137 cm³/mol. The number of sulfonamides is 1. The molecule has 0 heterocycles. The predicted octanol–water partition coefficient (Wildman–Crippen LogP) is 3.54. The van der Waals surface area contributed by atoms with Crippen molar-refractivity contribution in [1.82, 2.24) is 5.32 Å². The second kappa shape index (κ2) is 11.7. The molecule has 3 aromatic rings. The molecule has 0 fully saturated rings. The first kappa shape index (κ1) is 26.7. The number of anilines is 1. The van der Waals surface area contributed by atoms with E-state index in [1.165, 1.54) is 40.6 Å². The van der Waals surface area contributed by atoms with Crippen molar-refractivity contribution in [3.05, 3.63) is 71.8 Å². The van der Waals surface area contributed by atoms with Gasteiger partial charge in [-0.25, -0.2) is 8.42 Å². The average molecular weight is 515 g/mol. The number of rotatable bonds is 11. The zero-order valence-corrected chi connectivity index (χ0v) is 21.7. The van der Waals surface area contributed by atoms with E-state index >= 15 is 0 Å². The lowest BCUT2D eigenvalue weighted by Crippen LogP contribution is -2.40. The summed E-state index contributed by atoms with van der Waals surface area (Å²) in [5.41, 5.74) is 1.98. The van der Waals surface area contributed by atoms with Gasteiger partial charge >= 0.3 is 0 Å². The van der Waals surface area contributed by atoms with E-state index in [1.807, 2.05) is 6.92 Å². The minimum absolute atomic E-state index is 0.0400. The molecule has 192 valence electrons. The van der Waals surface area contributed by atoms with Crippen LogP contribution in [-0.4, -0.2) is 49.3 Å². The third kappa shape index (κ3) is 5.83. The summed E-state index contributed by atoms with van der Waals surface area (Å²) in [5, 5.41) is 2.77. The van der Waals surface area contributed by atoms with Crippen molar-refractivity contribution in [3.8, 4) is 23.0 Å². The number of amides is 1. The van der Waals surface area contributed by atoms with Gasteiger partial charge in [0, 0.05) is 12.1 Å². The highest BCUT2D eigenvalue weighted by atomic mass is 32.2. The van der Waals surface area contributed by atoms with Gasteiger partial charge in [0.15, 0.2) is 11.5 Å². The quantitative estimate of drug-likeness (QED) is 0.417. The molecule has 0 saturated heterocycles. The number of hydrogen-bond donors (Lipinski definition) is 1. The molecule has 1 amide bonds. The summed E-state index contributed by atoms with van der Waals surface area (Å²) in [4.78, 5) is 13.0. The molecule has 0 spiro atoms. The van der Waals surface area contributed by atoms with Crippen LogP contribution in [0.1, 0.15) is 11.1 Å². The molecular formula is C26H30N2O7S. The molecule has 0 aliphatic heterocycles. The maximum absolute atomic E-state index is 13.5. The first-order valence-electron chi connectivity index (χ1n) is 11.0. The van der Waals surface area contributed by atoms with E-state index in [1.54, 1.807) is 48.5 Å². The maximum Gasteiger partial charge on any atom is 0.264 e. The van der Waals surface area contributed by atoms with E-state index in [2.05, 4.69) is 5.32 Å². The van der Waals surface area contributed by atoms with E-state index in [4.69, 9.17) is 18.9 Å². The Morgan fingerprint density at radius 1 is 0.806 bits per heavy atom. The molecule has 36 heavy (non-hydrogen) atoms. The number of carbonyl (C=O) groups excluding carboxylic acids is 1. The highest BCUT2D eigenvalue weighted by molar-refractivity contribution is 7.92. The number of benzene rings is 3. The molecule has 1 N–H and O–H groups in total. The van der Waals surface area contributed by atoms with Gasteiger partial charge in [0.25, 0.3) is 10.0 Å². The summed E-state index contributed by atoms with van der Waals surface area (Å²) in [6, 6.07) is 16.4. The average Bonchev–Trinajstić information content (AvgIpc) is 2.90. The van der Waals surface area contributed by atoms with E-state index in [-0.39, 0.29) is 11.4 Å². The van der Waals surface area contributed by atoms with Gasteiger partial charge in [-0.05, 0) is 55.5 Å². The van der Waals surface area contributed by atoms with Gasteiger partial charge < -0.3 is 24.3 Å². The number of aryl methyl sites for hydroxylation is 1. The Morgan fingerprint density at radius 2 is 1.44 bits per heavy atom. The van der Waals surface area contributed by atoms with Crippen LogP contribution in [0.15, 0.2) is 65.6 Å². The van der Waals surface area contributed by atoms with E-state index in [0.29, 0.717) is 34.2 Å². The van der Waals surface area contributed by atoms with Gasteiger partial charge in [0.2, 0.25) is 11.7 Å². The summed E-state index contributed by atoms with van der Waals surface area (Å²) in [5.74, 6) is 1.33. The second-order valence-electron chi connectivity index (χ2n) is 7.79. The Labute approximate surface area is 211 Å².